The molecule has 2 aromatic heterocycles. The summed E-state index contributed by atoms with van der Waals surface area (Å²) in [4.78, 5) is 32.2. The van der Waals surface area contributed by atoms with Gasteiger partial charge in [-0.2, -0.15) is 5.10 Å². The Morgan fingerprint density at radius 1 is 1.09 bits per heavy atom. The third-order valence-corrected chi connectivity index (χ3v) is 5.85. The normalized spacial score (nSPS) is 12.8. The van der Waals surface area contributed by atoms with Crippen molar-refractivity contribution in [3.63, 3.8) is 0 Å². The van der Waals surface area contributed by atoms with Gasteiger partial charge in [-0.25, -0.2) is 14.5 Å². The number of ether oxygens (including phenoxy) is 1. The van der Waals surface area contributed by atoms with Crippen LogP contribution in [0.1, 0.15) is 33.2 Å². The van der Waals surface area contributed by atoms with Crippen LogP contribution in [0.25, 0.3) is 22.3 Å². The van der Waals surface area contributed by atoms with Gasteiger partial charge >= 0.3 is 5.97 Å². The zero-order valence-electron chi connectivity index (χ0n) is 17.9. The number of anilines is 1. The summed E-state index contributed by atoms with van der Waals surface area (Å²) < 4.78 is 6.62. The first-order chi connectivity index (χ1) is 15.6. The molecule has 32 heavy (non-hydrogen) atoms. The fourth-order valence-electron chi connectivity index (χ4n) is 4.22. The standard InChI is InChI=1S/C25H22N4O3/c1-3-29-23-20(15-26-29)19(14-21(27-23)16-7-5-4-6-8-16)24(30)28-12-11-17-13-18(25(31)32-2)9-10-22(17)28/h4-10,13-15H,3,11-12H2,1-2H3. The van der Waals surface area contributed by atoms with Crippen molar-refractivity contribution in [3.05, 3.63) is 77.5 Å². The zero-order chi connectivity index (χ0) is 22.2. The van der Waals surface area contributed by atoms with Crippen LogP contribution in [-0.4, -0.2) is 40.3 Å². The largest absolute Gasteiger partial charge is 0.465 e. The van der Waals surface area contributed by atoms with E-state index in [0.717, 1.165) is 27.9 Å². The molecular formula is C25H22N4O3. The van der Waals surface area contributed by atoms with E-state index in [-0.39, 0.29) is 11.9 Å². The molecule has 0 bridgehead atoms. The Morgan fingerprint density at radius 3 is 2.66 bits per heavy atom. The van der Waals surface area contributed by atoms with E-state index in [0.29, 0.717) is 36.3 Å². The first kappa shape index (κ1) is 19.9. The number of nitrogens with zero attached hydrogens (tertiary/aromatic N) is 4. The van der Waals surface area contributed by atoms with Crippen LogP contribution in [0.2, 0.25) is 0 Å². The molecule has 7 heteroatoms. The number of methoxy groups -OCH3 is 1. The van der Waals surface area contributed by atoms with E-state index < -0.39 is 0 Å². The Hall–Kier alpha value is -4.00. The molecule has 0 aliphatic carbocycles. The van der Waals surface area contributed by atoms with E-state index in [9.17, 15) is 9.59 Å². The van der Waals surface area contributed by atoms with Crippen molar-refractivity contribution >= 4 is 28.6 Å². The summed E-state index contributed by atoms with van der Waals surface area (Å²) in [6.07, 6.45) is 2.39. The van der Waals surface area contributed by atoms with Crippen LogP contribution in [-0.2, 0) is 17.7 Å². The molecule has 0 spiro atoms. The molecule has 0 atom stereocenters. The topological polar surface area (TPSA) is 77.3 Å². The lowest BCUT2D eigenvalue weighted by molar-refractivity contribution is 0.0600. The highest BCUT2D eigenvalue weighted by Crippen LogP contribution is 2.33. The molecule has 0 fully saturated rings. The summed E-state index contributed by atoms with van der Waals surface area (Å²) in [5.41, 5.74) is 5.20. The van der Waals surface area contributed by atoms with Crippen molar-refractivity contribution < 1.29 is 14.3 Å². The van der Waals surface area contributed by atoms with Gasteiger partial charge in [0.15, 0.2) is 5.65 Å². The summed E-state index contributed by atoms with van der Waals surface area (Å²) in [5, 5.41) is 5.17. The summed E-state index contributed by atoms with van der Waals surface area (Å²) in [6.45, 7) is 3.21. The van der Waals surface area contributed by atoms with Gasteiger partial charge in [-0.3, -0.25) is 4.79 Å². The van der Waals surface area contributed by atoms with Crippen molar-refractivity contribution in [2.45, 2.75) is 19.9 Å². The van der Waals surface area contributed by atoms with Crippen LogP contribution in [0, 0.1) is 0 Å². The van der Waals surface area contributed by atoms with Crippen LogP contribution in [0.4, 0.5) is 5.69 Å². The number of fused-ring (bicyclic) bond motifs is 2. The summed E-state index contributed by atoms with van der Waals surface area (Å²) in [7, 11) is 1.36. The van der Waals surface area contributed by atoms with Gasteiger partial charge in [0.25, 0.3) is 5.91 Å². The lowest BCUT2D eigenvalue weighted by Gasteiger charge is -2.18. The van der Waals surface area contributed by atoms with Gasteiger partial charge in [-0.05, 0) is 43.2 Å². The average Bonchev–Trinajstić information content (AvgIpc) is 3.46. The van der Waals surface area contributed by atoms with E-state index in [1.807, 2.05) is 49.4 Å². The Bertz CT molecular complexity index is 1340. The highest BCUT2D eigenvalue weighted by Gasteiger charge is 2.29. The molecule has 0 unspecified atom stereocenters. The Kier molecular flexibility index (Phi) is 4.93. The predicted octanol–water partition coefficient (Wildman–Crippen LogP) is 4.11. The van der Waals surface area contributed by atoms with Gasteiger partial charge in [0.2, 0.25) is 0 Å². The maximum absolute atomic E-state index is 13.7. The number of pyridine rings is 1. The van der Waals surface area contributed by atoms with E-state index in [4.69, 9.17) is 9.72 Å². The van der Waals surface area contributed by atoms with Gasteiger partial charge in [0.05, 0.1) is 35.5 Å². The Morgan fingerprint density at radius 2 is 1.91 bits per heavy atom. The second kappa shape index (κ2) is 7.92. The minimum Gasteiger partial charge on any atom is -0.465 e. The lowest BCUT2D eigenvalue weighted by atomic mass is 10.1. The second-order valence-corrected chi connectivity index (χ2v) is 7.66. The molecule has 0 saturated heterocycles. The number of benzene rings is 2. The van der Waals surface area contributed by atoms with E-state index in [1.165, 1.54) is 7.11 Å². The Balaban J connectivity index is 1.60. The molecule has 1 aliphatic heterocycles. The first-order valence-corrected chi connectivity index (χ1v) is 10.6. The zero-order valence-corrected chi connectivity index (χ0v) is 17.9. The number of hydrogen-bond donors (Lipinski definition) is 0. The third-order valence-electron chi connectivity index (χ3n) is 5.85. The average molecular weight is 426 g/mol. The van der Waals surface area contributed by atoms with Crippen LogP contribution in [0.3, 0.4) is 0 Å². The lowest BCUT2D eigenvalue weighted by Crippen LogP contribution is -2.29. The molecule has 3 heterocycles. The van der Waals surface area contributed by atoms with Gasteiger partial charge in [-0.1, -0.05) is 30.3 Å². The van der Waals surface area contributed by atoms with Crippen molar-refractivity contribution in [3.8, 4) is 11.3 Å². The Labute approximate surface area is 185 Å². The summed E-state index contributed by atoms with van der Waals surface area (Å²) in [5.74, 6) is -0.484. The maximum atomic E-state index is 13.7. The van der Waals surface area contributed by atoms with Crippen LogP contribution in [0.5, 0.6) is 0 Å². The molecular weight excluding hydrogens is 404 g/mol. The number of amides is 1. The number of rotatable bonds is 4. The van der Waals surface area contributed by atoms with Crippen LogP contribution < -0.4 is 4.90 Å². The molecule has 5 rings (SSSR count). The number of aryl methyl sites for hydroxylation is 1. The molecule has 4 aromatic rings. The number of esters is 1. The fraction of sp³-hybridized carbons (Fsp3) is 0.200. The summed E-state index contributed by atoms with van der Waals surface area (Å²) in [6, 6.07) is 17.0. The SMILES string of the molecule is CCn1ncc2c(C(=O)N3CCc4cc(C(=O)OC)ccc43)cc(-c3ccccc3)nc21. The van der Waals surface area contributed by atoms with Crippen molar-refractivity contribution in [1.82, 2.24) is 14.8 Å². The number of carbonyl (C=O) groups excluding carboxylic acids is 2. The van der Waals surface area contributed by atoms with Gasteiger partial charge in [-0.15, -0.1) is 0 Å². The molecule has 0 N–H and O–H groups in total. The number of hydrogen-bond acceptors (Lipinski definition) is 5. The van der Waals surface area contributed by atoms with Crippen LogP contribution >= 0.6 is 0 Å². The van der Waals surface area contributed by atoms with Crippen molar-refractivity contribution in [2.24, 2.45) is 0 Å². The molecule has 1 amide bonds. The van der Waals surface area contributed by atoms with Gasteiger partial charge in [0.1, 0.15) is 0 Å². The first-order valence-electron chi connectivity index (χ1n) is 10.6. The maximum Gasteiger partial charge on any atom is 0.337 e. The fourth-order valence-corrected chi connectivity index (χ4v) is 4.22. The molecule has 1 aliphatic rings. The molecule has 7 nitrogen and oxygen atoms in total. The predicted molar refractivity (Wildman–Crippen MR) is 122 cm³/mol. The smallest absolute Gasteiger partial charge is 0.337 e. The second-order valence-electron chi connectivity index (χ2n) is 7.66. The highest BCUT2D eigenvalue weighted by molar-refractivity contribution is 6.14. The molecule has 0 saturated carbocycles. The third kappa shape index (κ3) is 3.22. The molecule has 160 valence electrons. The quantitative estimate of drug-likeness (QED) is 0.459. The molecule has 2 aromatic carbocycles. The van der Waals surface area contributed by atoms with Gasteiger partial charge < -0.3 is 9.64 Å². The monoisotopic (exact) mass is 426 g/mol. The van der Waals surface area contributed by atoms with E-state index in [1.54, 1.807) is 27.9 Å². The van der Waals surface area contributed by atoms with Crippen molar-refractivity contribution in [1.29, 1.82) is 0 Å². The van der Waals surface area contributed by atoms with Crippen molar-refractivity contribution in [2.75, 3.05) is 18.6 Å². The minimum atomic E-state index is -0.382. The summed E-state index contributed by atoms with van der Waals surface area (Å²) >= 11 is 0. The van der Waals surface area contributed by atoms with Gasteiger partial charge in [0, 0.05) is 24.3 Å². The van der Waals surface area contributed by atoms with E-state index >= 15 is 0 Å². The number of carbonyl (C=O) groups is 2. The van der Waals surface area contributed by atoms with Crippen LogP contribution in [0.15, 0.2) is 60.8 Å². The van der Waals surface area contributed by atoms with E-state index in [2.05, 4.69) is 5.10 Å². The molecule has 0 radical (unpaired) electrons. The highest BCUT2D eigenvalue weighted by atomic mass is 16.5. The minimum absolute atomic E-state index is 0.102. The number of aromatic nitrogens is 3.